The van der Waals surface area contributed by atoms with Crippen molar-refractivity contribution in [3.8, 4) is 0 Å². The highest BCUT2D eigenvalue weighted by Gasteiger charge is 2.27. The van der Waals surface area contributed by atoms with Crippen molar-refractivity contribution in [2.45, 2.75) is 52.0 Å². The van der Waals surface area contributed by atoms with Gasteiger partial charge >= 0.3 is 0 Å². The van der Waals surface area contributed by atoms with Crippen LogP contribution in [0.5, 0.6) is 0 Å². The van der Waals surface area contributed by atoms with Crippen molar-refractivity contribution in [1.29, 1.82) is 0 Å². The Morgan fingerprint density at radius 1 is 1.21 bits per heavy atom. The second-order valence-corrected chi connectivity index (χ2v) is 6.14. The summed E-state index contributed by atoms with van der Waals surface area (Å²) in [6.07, 6.45) is 6.38. The highest BCUT2D eigenvalue weighted by molar-refractivity contribution is 5.21. The average molecular weight is 267 g/mol. The number of hydrogen-bond donors (Lipinski definition) is 1. The van der Waals surface area contributed by atoms with E-state index in [0.29, 0.717) is 11.0 Å². The van der Waals surface area contributed by atoms with Crippen molar-refractivity contribution in [1.82, 2.24) is 5.32 Å². The second-order valence-electron chi connectivity index (χ2n) is 6.14. The highest BCUT2D eigenvalue weighted by atomic mass is 19.1. The molecule has 0 aliphatic heterocycles. The first-order valence-corrected chi connectivity index (χ1v) is 7.18. The average Bonchev–Trinajstić information content (AvgIpc) is 2.37. The summed E-state index contributed by atoms with van der Waals surface area (Å²) in [7, 11) is 0. The minimum absolute atomic E-state index is 0.0839. The van der Waals surface area contributed by atoms with Gasteiger partial charge in [0.05, 0.1) is 0 Å². The van der Waals surface area contributed by atoms with Crippen LogP contribution in [0.25, 0.3) is 0 Å². The van der Waals surface area contributed by atoms with Gasteiger partial charge in [0.2, 0.25) is 0 Å². The zero-order valence-electron chi connectivity index (χ0n) is 11.8. The maximum absolute atomic E-state index is 13.7. The molecule has 1 N–H and O–H groups in total. The van der Waals surface area contributed by atoms with Crippen molar-refractivity contribution in [3.63, 3.8) is 0 Å². The molecule has 0 radical (unpaired) electrons. The Balaban J connectivity index is 1.95. The summed E-state index contributed by atoms with van der Waals surface area (Å²) in [6.45, 7) is 5.13. The van der Waals surface area contributed by atoms with E-state index in [9.17, 15) is 8.78 Å². The molecule has 0 bridgehead atoms. The summed E-state index contributed by atoms with van der Waals surface area (Å²) < 4.78 is 26.6. The standard InChI is InChI=1S/C16H23F2N/c1-12(14-7-6-13(17)10-15(14)18)19-11-16(2)8-4-3-5-9-16/h6-7,10,12,19H,3-5,8-9,11H2,1-2H3. The van der Waals surface area contributed by atoms with Crippen LogP contribution in [0.2, 0.25) is 0 Å². The third-order valence-corrected chi connectivity index (χ3v) is 4.32. The molecule has 1 aliphatic rings. The number of hydrogen-bond acceptors (Lipinski definition) is 1. The molecule has 2 rings (SSSR count). The molecule has 1 saturated carbocycles. The fourth-order valence-corrected chi connectivity index (χ4v) is 2.94. The van der Waals surface area contributed by atoms with Crippen LogP contribution in [-0.2, 0) is 0 Å². The molecule has 0 spiro atoms. The lowest BCUT2D eigenvalue weighted by atomic mass is 9.75. The molecule has 1 aromatic rings. The van der Waals surface area contributed by atoms with Gasteiger partial charge in [-0.15, -0.1) is 0 Å². The van der Waals surface area contributed by atoms with Gasteiger partial charge in [0, 0.05) is 24.2 Å². The maximum atomic E-state index is 13.7. The molecule has 1 fully saturated rings. The van der Waals surface area contributed by atoms with Gasteiger partial charge < -0.3 is 5.32 Å². The molecule has 106 valence electrons. The van der Waals surface area contributed by atoms with Crippen molar-refractivity contribution >= 4 is 0 Å². The van der Waals surface area contributed by atoms with Crippen molar-refractivity contribution < 1.29 is 8.78 Å². The zero-order valence-corrected chi connectivity index (χ0v) is 11.8. The molecule has 1 atom stereocenters. The third-order valence-electron chi connectivity index (χ3n) is 4.32. The van der Waals surface area contributed by atoms with Crippen molar-refractivity contribution in [3.05, 3.63) is 35.4 Å². The predicted molar refractivity (Wildman–Crippen MR) is 74.0 cm³/mol. The smallest absolute Gasteiger partial charge is 0.130 e. The summed E-state index contributed by atoms with van der Waals surface area (Å²) in [4.78, 5) is 0. The van der Waals surface area contributed by atoms with Crippen LogP contribution >= 0.6 is 0 Å². The monoisotopic (exact) mass is 267 g/mol. The normalized spacial score (nSPS) is 20.2. The molecular formula is C16H23F2N. The topological polar surface area (TPSA) is 12.0 Å². The van der Waals surface area contributed by atoms with Crippen LogP contribution in [0.1, 0.15) is 57.6 Å². The van der Waals surface area contributed by atoms with E-state index in [2.05, 4.69) is 12.2 Å². The van der Waals surface area contributed by atoms with E-state index in [4.69, 9.17) is 0 Å². The van der Waals surface area contributed by atoms with Gasteiger partial charge in [-0.2, -0.15) is 0 Å². The second kappa shape index (κ2) is 6.00. The van der Waals surface area contributed by atoms with E-state index in [0.717, 1.165) is 12.6 Å². The van der Waals surface area contributed by atoms with Gasteiger partial charge in [-0.3, -0.25) is 0 Å². The molecule has 1 aromatic carbocycles. The first-order valence-electron chi connectivity index (χ1n) is 7.18. The Labute approximate surface area is 114 Å². The minimum atomic E-state index is -0.521. The van der Waals surface area contributed by atoms with Gasteiger partial charge in [-0.25, -0.2) is 8.78 Å². The number of halogens is 2. The lowest BCUT2D eigenvalue weighted by molar-refractivity contribution is 0.201. The molecule has 0 amide bonds. The number of rotatable bonds is 4. The molecule has 3 heteroatoms. The van der Waals surface area contributed by atoms with Crippen LogP contribution in [0.3, 0.4) is 0 Å². The molecule has 0 saturated heterocycles. The summed E-state index contributed by atoms with van der Waals surface area (Å²) in [5.74, 6) is -0.985. The fraction of sp³-hybridized carbons (Fsp3) is 0.625. The SMILES string of the molecule is CC(NCC1(C)CCCCC1)c1ccc(F)cc1F. The molecular weight excluding hydrogens is 244 g/mol. The first-order chi connectivity index (χ1) is 9.00. The molecule has 1 aliphatic carbocycles. The first kappa shape index (κ1) is 14.4. The third kappa shape index (κ3) is 3.75. The summed E-state index contributed by atoms with van der Waals surface area (Å²) >= 11 is 0. The Morgan fingerprint density at radius 3 is 2.53 bits per heavy atom. The van der Waals surface area contributed by atoms with E-state index in [1.54, 1.807) is 0 Å². The molecule has 1 nitrogen and oxygen atoms in total. The van der Waals surface area contributed by atoms with Gasteiger partial charge in [-0.05, 0) is 31.2 Å². The largest absolute Gasteiger partial charge is 0.310 e. The maximum Gasteiger partial charge on any atom is 0.130 e. The predicted octanol–water partition coefficient (Wildman–Crippen LogP) is 4.59. The highest BCUT2D eigenvalue weighted by Crippen LogP contribution is 2.35. The van der Waals surface area contributed by atoms with E-state index in [-0.39, 0.29) is 6.04 Å². The van der Waals surface area contributed by atoms with Gasteiger partial charge in [0.25, 0.3) is 0 Å². The van der Waals surface area contributed by atoms with E-state index in [1.165, 1.54) is 44.2 Å². The lowest BCUT2D eigenvalue weighted by Crippen LogP contribution is -2.35. The van der Waals surface area contributed by atoms with Crippen LogP contribution in [0, 0.1) is 17.0 Å². The Morgan fingerprint density at radius 2 is 1.89 bits per heavy atom. The van der Waals surface area contributed by atoms with Crippen molar-refractivity contribution in [2.75, 3.05) is 6.54 Å². The summed E-state index contributed by atoms with van der Waals surface area (Å²) in [6, 6.07) is 3.72. The van der Waals surface area contributed by atoms with Crippen LogP contribution in [0.4, 0.5) is 8.78 Å². The van der Waals surface area contributed by atoms with E-state index in [1.807, 2.05) is 6.92 Å². The van der Waals surface area contributed by atoms with Crippen LogP contribution in [-0.4, -0.2) is 6.54 Å². The minimum Gasteiger partial charge on any atom is -0.310 e. The fourth-order valence-electron chi connectivity index (χ4n) is 2.94. The summed E-state index contributed by atoms with van der Waals surface area (Å²) in [5.41, 5.74) is 0.865. The summed E-state index contributed by atoms with van der Waals surface area (Å²) in [5, 5.41) is 3.41. The molecule has 1 unspecified atom stereocenters. The number of benzene rings is 1. The lowest BCUT2D eigenvalue weighted by Gasteiger charge is -2.35. The van der Waals surface area contributed by atoms with Gasteiger partial charge in [0.1, 0.15) is 11.6 Å². The number of nitrogens with one attached hydrogen (secondary N) is 1. The van der Waals surface area contributed by atoms with E-state index < -0.39 is 11.6 Å². The van der Waals surface area contributed by atoms with E-state index >= 15 is 0 Å². The Kier molecular flexibility index (Phi) is 4.56. The zero-order chi connectivity index (χ0) is 13.9. The van der Waals surface area contributed by atoms with Crippen LogP contribution in [0.15, 0.2) is 18.2 Å². The van der Waals surface area contributed by atoms with Gasteiger partial charge in [-0.1, -0.05) is 32.3 Å². The van der Waals surface area contributed by atoms with Crippen LogP contribution < -0.4 is 5.32 Å². The molecule has 19 heavy (non-hydrogen) atoms. The Hall–Kier alpha value is -0.960. The molecule has 0 aromatic heterocycles. The van der Waals surface area contributed by atoms with Gasteiger partial charge in [0.15, 0.2) is 0 Å². The Bertz CT molecular complexity index is 425. The molecule has 0 heterocycles. The quantitative estimate of drug-likeness (QED) is 0.841. The van der Waals surface area contributed by atoms with Crippen molar-refractivity contribution in [2.24, 2.45) is 5.41 Å².